The van der Waals surface area contributed by atoms with Gasteiger partial charge in [0.1, 0.15) is 13.2 Å². The van der Waals surface area contributed by atoms with Crippen LogP contribution in [0.2, 0.25) is 0 Å². The number of benzene rings is 2. The van der Waals surface area contributed by atoms with Crippen LogP contribution in [0.15, 0.2) is 52.4 Å². The molecule has 0 atom stereocenters. The maximum Gasteiger partial charge on any atom is 0.262 e. The monoisotopic (exact) mass is 451 g/mol. The van der Waals surface area contributed by atoms with Crippen molar-refractivity contribution in [3.8, 4) is 11.5 Å². The van der Waals surface area contributed by atoms with E-state index < -0.39 is 0 Å². The fraction of sp³-hybridized carbons (Fsp3) is 0.375. The van der Waals surface area contributed by atoms with Crippen LogP contribution in [0.3, 0.4) is 0 Å². The van der Waals surface area contributed by atoms with Crippen LogP contribution in [0.1, 0.15) is 38.1 Å². The van der Waals surface area contributed by atoms with E-state index >= 15 is 0 Å². The molecule has 1 saturated carbocycles. The van der Waals surface area contributed by atoms with Crippen molar-refractivity contribution in [3.05, 3.63) is 52.8 Å². The third-order valence-electron chi connectivity index (χ3n) is 5.87. The largest absolute Gasteiger partial charge is 0.486 e. The predicted molar refractivity (Wildman–Crippen MR) is 125 cm³/mol. The standard InChI is InChI=1S/C24H25N3O4S/c28-22(25-16-10-11-20-21(14-16)31-13-12-30-20)15-32-24-26-19-9-5-4-8-18(19)23(29)27(24)17-6-2-1-3-7-17/h4-5,8-11,14,17H,1-3,6-7,12-13,15H2,(H,25,28). The molecular formula is C24H25N3O4S. The number of nitrogens with one attached hydrogen (secondary N) is 1. The Morgan fingerprint density at radius 2 is 1.84 bits per heavy atom. The predicted octanol–water partition coefficient (Wildman–Crippen LogP) is 4.40. The number of nitrogens with zero attached hydrogens (tertiary/aromatic N) is 2. The molecule has 1 N–H and O–H groups in total. The van der Waals surface area contributed by atoms with Crippen molar-refractivity contribution >= 4 is 34.3 Å². The first-order valence-electron chi connectivity index (χ1n) is 11.0. The van der Waals surface area contributed by atoms with Crippen molar-refractivity contribution < 1.29 is 14.3 Å². The number of thioether (sulfide) groups is 1. The van der Waals surface area contributed by atoms with E-state index in [9.17, 15) is 9.59 Å². The summed E-state index contributed by atoms with van der Waals surface area (Å²) >= 11 is 1.31. The molecule has 0 spiro atoms. The molecule has 0 bridgehead atoms. The number of aromatic nitrogens is 2. The lowest BCUT2D eigenvalue weighted by molar-refractivity contribution is -0.113. The Hall–Kier alpha value is -3.00. The van der Waals surface area contributed by atoms with Crippen LogP contribution in [0.5, 0.6) is 11.5 Å². The molecule has 1 aliphatic carbocycles. The molecule has 0 saturated heterocycles. The van der Waals surface area contributed by atoms with E-state index in [1.807, 2.05) is 28.8 Å². The van der Waals surface area contributed by atoms with Crippen LogP contribution in [0.25, 0.3) is 10.9 Å². The lowest BCUT2D eigenvalue weighted by Crippen LogP contribution is -2.29. The Morgan fingerprint density at radius 1 is 1.06 bits per heavy atom. The van der Waals surface area contributed by atoms with Gasteiger partial charge < -0.3 is 14.8 Å². The summed E-state index contributed by atoms with van der Waals surface area (Å²) in [5.74, 6) is 1.31. The van der Waals surface area contributed by atoms with Crippen LogP contribution in [0.4, 0.5) is 5.69 Å². The number of anilines is 1. The highest BCUT2D eigenvalue weighted by molar-refractivity contribution is 7.99. The zero-order valence-electron chi connectivity index (χ0n) is 17.7. The second-order valence-electron chi connectivity index (χ2n) is 8.07. The molecule has 0 unspecified atom stereocenters. The Bertz CT molecular complexity index is 1200. The number of ether oxygens (including phenoxy) is 2. The number of hydrogen-bond acceptors (Lipinski definition) is 6. The van der Waals surface area contributed by atoms with Crippen LogP contribution in [0, 0.1) is 0 Å². The van der Waals surface area contributed by atoms with Gasteiger partial charge in [0.25, 0.3) is 5.56 Å². The molecule has 7 nitrogen and oxygen atoms in total. The van der Waals surface area contributed by atoms with Crippen molar-refractivity contribution in [2.45, 2.75) is 43.3 Å². The SMILES string of the molecule is O=C(CSc1nc2ccccc2c(=O)n1C1CCCCC1)Nc1ccc2c(c1)OCCO2. The Balaban J connectivity index is 1.36. The first-order valence-corrected chi connectivity index (χ1v) is 12.0. The quantitative estimate of drug-likeness (QED) is 0.457. The van der Waals surface area contributed by atoms with E-state index in [0.29, 0.717) is 46.5 Å². The van der Waals surface area contributed by atoms with Crippen molar-refractivity contribution in [2.75, 3.05) is 24.3 Å². The second-order valence-corrected chi connectivity index (χ2v) is 9.02. The highest BCUT2D eigenvalue weighted by Crippen LogP contribution is 2.33. The minimum absolute atomic E-state index is 0.0164. The lowest BCUT2D eigenvalue weighted by atomic mass is 9.95. The van der Waals surface area contributed by atoms with Gasteiger partial charge in [-0.25, -0.2) is 4.98 Å². The van der Waals surface area contributed by atoms with Gasteiger partial charge >= 0.3 is 0 Å². The number of hydrogen-bond donors (Lipinski definition) is 1. The molecule has 1 amide bonds. The van der Waals surface area contributed by atoms with Gasteiger partial charge in [0.15, 0.2) is 16.7 Å². The molecule has 32 heavy (non-hydrogen) atoms. The smallest absolute Gasteiger partial charge is 0.262 e. The maximum atomic E-state index is 13.3. The summed E-state index contributed by atoms with van der Waals surface area (Å²) in [6, 6.07) is 12.9. The van der Waals surface area contributed by atoms with Gasteiger partial charge in [0.2, 0.25) is 5.91 Å². The number of para-hydroxylation sites is 1. The Kier molecular flexibility index (Phi) is 6.03. The van der Waals surface area contributed by atoms with Crippen molar-refractivity contribution in [1.82, 2.24) is 9.55 Å². The fourth-order valence-corrected chi connectivity index (χ4v) is 5.20. The lowest BCUT2D eigenvalue weighted by Gasteiger charge is -2.26. The third-order valence-corrected chi connectivity index (χ3v) is 6.83. The molecular weight excluding hydrogens is 426 g/mol. The molecule has 1 fully saturated rings. The normalized spacial score (nSPS) is 16.1. The summed E-state index contributed by atoms with van der Waals surface area (Å²) in [6.07, 6.45) is 5.36. The number of carbonyl (C=O) groups is 1. The number of carbonyl (C=O) groups excluding carboxylic acids is 1. The minimum Gasteiger partial charge on any atom is -0.486 e. The highest BCUT2D eigenvalue weighted by Gasteiger charge is 2.22. The van der Waals surface area contributed by atoms with E-state index in [1.165, 1.54) is 18.2 Å². The van der Waals surface area contributed by atoms with E-state index in [-0.39, 0.29) is 23.3 Å². The van der Waals surface area contributed by atoms with Crippen LogP contribution in [-0.2, 0) is 4.79 Å². The maximum absolute atomic E-state index is 13.3. The van der Waals surface area contributed by atoms with E-state index in [0.717, 1.165) is 25.7 Å². The average Bonchev–Trinajstić information content (AvgIpc) is 2.83. The van der Waals surface area contributed by atoms with Crippen molar-refractivity contribution in [1.29, 1.82) is 0 Å². The van der Waals surface area contributed by atoms with Crippen LogP contribution >= 0.6 is 11.8 Å². The topological polar surface area (TPSA) is 82.5 Å². The van der Waals surface area contributed by atoms with E-state index in [2.05, 4.69) is 5.32 Å². The van der Waals surface area contributed by atoms with E-state index in [4.69, 9.17) is 14.5 Å². The summed E-state index contributed by atoms with van der Waals surface area (Å²) in [7, 11) is 0. The summed E-state index contributed by atoms with van der Waals surface area (Å²) < 4.78 is 12.9. The zero-order valence-corrected chi connectivity index (χ0v) is 18.5. The Labute approximate surface area is 190 Å². The van der Waals surface area contributed by atoms with Crippen LogP contribution < -0.4 is 20.3 Å². The first kappa shape index (κ1) is 20.9. The second kappa shape index (κ2) is 9.24. The average molecular weight is 452 g/mol. The summed E-state index contributed by atoms with van der Waals surface area (Å²) in [5.41, 5.74) is 1.30. The minimum atomic E-state index is -0.163. The molecule has 2 heterocycles. The Morgan fingerprint density at radius 3 is 2.69 bits per heavy atom. The van der Waals surface area contributed by atoms with E-state index in [1.54, 1.807) is 18.2 Å². The molecule has 3 aromatic rings. The molecule has 8 heteroatoms. The summed E-state index contributed by atoms with van der Waals surface area (Å²) in [6.45, 7) is 1.02. The van der Waals surface area contributed by atoms with Crippen molar-refractivity contribution in [3.63, 3.8) is 0 Å². The molecule has 5 rings (SSSR count). The van der Waals surface area contributed by atoms with Gasteiger partial charge in [-0.3, -0.25) is 14.2 Å². The zero-order chi connectivity index (χ0) is 21.9. The van der Waals surface area contributed by atoms with Gasteiger partial charge in [0, 0.05) is 17.8 Å². The van der Waals surface area contributed by atoms with Gasteiger partial charge in [-0.1, -0.05) is 43.2 Å². The van der Waals surface area contributed by atoms with Gasteiger partial charge in [-0.15, -0.1) is 0 Å². The molecule has 0 radical (unpaired) electrons. The van der Waals surface area contributed by atoms with Gasteiger partial charge in [0.05, 0.1) is 16.7 Å². The fourth-order valence-electron chi connectivity index (χ4n) is 4.34. The van der Waals surface area contributed by atoms with Gasteiger partial charge in [-0.05, 0) is 37.1 Å². The first-order chi connectivity index (χ1) is 15.7. The van der Waals surface area contributed by atoms with Crippen LogP contribution in [-0.4, -0.2) is 34.4 Å². The van der Waals surface area contributed by atoms with Gasteiger partial charge in [-0.2, -0.15) is 0 Å². The summed E-state index contributed by atoms with van der Waals surface area (Å²) in [5, 5.41) is 4.14. The molecule has 166 valence electrons. The van der Waals surface area contributed by atoms with Crippen molar-refractivity contribution in [2.24, 2.45) is 0 Å². The molecule has 2 aliphatic rings. The molecule has 1 aromatic heterocycles. The number of amides is 1. The molecule has 2 aromatic carbocycles. The number of fused-ring (bicyclic) bond motifs is 2. The highest BCUT2D eigenvalue weighted by atomic mass is 32.2. The number of rotatable bonds is 5. The summed E-state index contributed by atoms with van der Waals surface area (Å²) in [4.78, 5) is 30.7. The molecule has 1 aliphatic heterocycles. The third kappa shape index (κ3) is 4.32.